The Hall–Kier alpha value is -0.295. The molecule has 0 spiro atoms. The summed E-state index contributed by atoms with van der Waals surface area (Å²) >= 11 is 0. The summed E-state index contributed by atoms with van der Waals surface area (Å²) in [7, 11) is -1.88. The van der Waals surface area contributed by atoms with E-state index in [1.807, 2.05) is 7.11 Å². The normalized spacial score (nSPS) is 31.0. The molecule has 0 bridgehead atoms. The zero-order valence-corrected chi connectivity index (χ0v) is 9.35. The van der Waals surface area contributed by atoms with E-state index in [1.165, 1.54) is 30.5 Å². The van der Waals surface area contributed by atoms with E-state index in [1.54, 1.807) is 0 Å². The van der Waals surface area contributed by atoms with Crippen LogP contribution in [-0.2, 0) is 4.74 Å². The summed E-state index contributed by atoms with van der Waals surface area (Å²) in [6.07, 6.45) is 1.76. The molecule has 0 saturated carbocycles. The summed E-state index contributed by atoms with van der Waals surface area (Å²) in [5.74, 6) is 0. The molecule has 2 atom stereocenters. The molecule has 1 rings (SSSR count). The van der Waals surface area contributed by atoms with E-state index < -0.39 is 7.25 Å². The maximum Gasteiger partial charge on any atom is 0.673 e. The number of ether oxygens (including phenoxy) is 1. The topological polar surface area (TPSA) is 9.23 Å². The van der Waals surface area contributed by atoms with Gasteiger partial charge >= 0.3 is 7.25 Å². The SMILES string of the molecule is CC[N+]1(C)CCC(OC)C1.F[B-](F)(F)F. The molecule has 1 saturated heterocycles. The van der Waals surface area contributed by atoms with Gasteiger partial charge in [0.2, 0.25) is 0 Å². The first-order valence-electron chi connectivity index (χ1n) is 4.94. The fourth-order valence-corrected chi connectivity index (χ4v) is 1.61. The van der Waals surface area contributed by atoms with Crippen molar-refractivity contribution >= 4 is 7.25 Å². The molecule has 0 aromatic carbocycles. The minimum Gasteiger partial charge on any atom is -0.418 e. The van der Waals surface area contributed by atoms with Crippen LogP contribution in [-0.4, -0.2) is 51.6 Å². The summed E-state index contributed by atoms with van der Waals surface area (Å²) in [5, 5.41) is 0. The van der Waals surface area contributed by atoms with E-state index in [9.17, 15) is 17.3 Å². The zero-order chi connectivity index (χ0) is 12.1. The first-order valence-corrected chi connectivity index (χ1v) is 4.94. The highest BCUT2D eigenvalue weighted by atomic mass is 19.5. The molecular formula is C8H18BF4NO. The summed E-state index contributed by atoms with van der Waals surface area (Å²) < 4.78 is 45.5. The lowest BCUT2D eigenvalue weighted by Gasteiger charge is -2.27. The van der Waals surface area contributed by atoms with Crippen LogP contribution in [0.5, 0.6) is 0 Å². The van der Waals surface area contributed by atoms with Crippen molar-refractivity contribution in [3.63, 3.8) is 0 Å². The van der Waals surface area contributed by atoms with E-state index in [2.05, 4.69) is 14.0 Å². The Bertz CT molecular complexity index is 184. The van der Waals surface area contributed by atoms with Gasteiger partial charge in [-0.25, -0.2) is 0 Å². The number of hydrogen-bond acceptors (Lipinski definition) is 1. The Labute approximate surface area is 87.9 Å². The third-order valence-electron chi connectivity index (χ3n) is 2.73. The van der Waals surface area contributed by atoms with Crippen molar-refractivity contribution in [1.29, 1.82) is 0 Å². The molecule has 1 aliphatic heterocycles. The van der Waals surface area contributed by atoms with Crippen LogP contribution in [0.3, 0.4) is 0 Å². The standard InChI is InChI=1S/C8H18NO.BF4/c1-4-9(2)6-5-8(7-9)10-3;2-1(3,4)5/h8H,4-7H2,1-3H3;/q+1;-1. The van der Waals surface area contributed by atoms with Crippen LogP contribution in [0.15, 0.2) is 0 Å². The third-order valence-corrected chi connectivity index (χ3v) is 2.73. The number of rotatable bonds is 2. The smallest absolute Gasteiger partial charge is 0.418 e. The van der Waals surface area contributed by atoms with Crippen molar-refractivity contribution < 1.29 is 26.5 Å². The van der Waals surface area contributed by atoms with Crippen LogP contribution in [0.4, 0.5) is 17.3 Å². The monoisotopic (exact) mass is 231 g/mol. The summed E-state index contributed by atoms with van der Waals surface area (Å²) in [6.45, 7) is 5.97. The first-order chi connectivity index (χ1) is 6.70. The van der Waals surface area contributed by atoms with Crippen LogP contribution in [0.1, 0.15) is 13.3 Å². The van der Waals surface area contributed by atoms with Crippen molar-refractivity contribution in [2.45, 2.75) is 19.4 Å². The zero-order valence-electron chi connectivity index (χ0n) is 9.35. The molecule has 15 heavy (non-hydrogen) atoms. The van der Waals surface area contributed by atoms with Gasteiger partial charge < -0.3 is 26.5 Å². The van der Waals surface area contributed by atoms with Crippen LogP contribution >= 0.6 is 0 Å². The average molecular weight is 231 g/mol. The molecule has 0 aliphatic carbocycles. The van der Waals surface area contributed by atoms with Crippen molar-refractivity contribution in [3.05, 3.63) is 0 Å². The van der Waals surface area contributed by atoms with Gasteiger partial charge in [-0.15, -0.1) is 0 Å². The molecule has 1 aliphatic rings. The molecule has 0 aromatic heterocycles. The molecule has 0 aromatic rings. The van der Waals surface area contributed by atoms with Gasteiger partial charge in [-0.3, -0.25) is 0 Å². The predicted octanol–water partition coefficient (Wildman–Crippen LogP) is 2.17. The van der Waals surface area contributed by atoms with Crippen molar-refractivity contribution in [2.24, 2.45) is 0 Å². The number of likely N-dealkylation sites (tertiary alicyclic amines) is 1. The van der Waals surface area contributed by atoms with Gasteiger partial charge in [0.15, 0.2) is 0 Å². The largest absolute Gasteiger partial charge is 0.673 e. The number of likely N-dealkylation sites (N-methyl/N-ethyl adjacent to an activating group) is 1. The lowest BCUT2D eigenvalue weighted by atomic mass is 10.3. The highest BCUT2D eigenvalue weighted by Crippen LogP contribution is 2.17. The van der Waals surface area contributed by atoms with Crippen LogP contribution in [0.2, 0.25) is 0 Å². The van der Waals surface area contributed by atoms with Crippen LogP contribution < -0.4 is 0 Å². The second-order valence-corrected chi connectivity index (χ2v) is 3.98. The van der Waals surface area contributed by atoms with Crippen LogP contribution in [0, 0.1) is 0 Å². The quantitative estimate of drug-likeness (QED) is 0.402. The van der Waals surface area contributed by atoms with Crippen molar-refractivity contribution in [1.82, 2.24) is 0 Å². The number of halogens is 4. The molecule has 1 fully saturated rings. The second-order valence-electron chi connectivity index (χ2n) is 3.98. The molecule has 7 heteroatoms. The Kier molecular flexibility index (Phi) is 5.59. The lowest BCUT2D eigenvalue weighted by Crippen LogP contribution is -2.41. The van der Waals surface area contributed by atoms with Crippen LogP contribution in [0.25, 0.3) is 0 Å². The molecule has 0 N–H and O–H groups in total. The number of hydrogen-bond donors (Lipinski definition) is 0. The van der Waals surface area contributed by atoms with E-state index >= 15 is 0 Å². The molecular weight excluding hydrogens is 213 g/mol. The summed E-state index contributed by atoms with van der Waals surface area (Å²) in [6, 6.07) is 0. The van der Waals surface area contributed by atoms with E-state index in [4.69, 9.17) is 4.74 Å². The van der Waals surface area contributed by atoms with Gasteiger partial charge in [0.05, 0.1) is 20.1 Å². The number of quaternary nitrogens is 1. The maximum atomic E-state index is 9.75. The van der Waals surface area contributed by atoms with Crippen molar-refractivity contribution in [2.75, 3.05) is 33.8 Å². The average Bonchev–Trinajstić information content (AvgIpc) is 2.46. The van der Waals surface area contributed by atoms with Gasteiger partial charge in [-0.1, -0.05) is 0 Å². The van der Waals surface area contributed by atoms with E-state index in [0.717, 1.165) is 0 Å². The Morgan fingerprint density at radius 3 is 2.00 bits per heavy atom. The minimum absolute atomic E-state index is 0.518. The van der Waals surface area contributed by atoms with Crippen molar-refractivity contribution in [3.8, 4) is 0 Å². The third kappa shape index (κ3) is 7.61. The summed E-state index contributed by atoms with van der Waals surface area (Å²) in [5.41, 5.74) is 0. The van der Waals surface area contributed by atoms with Gasteiger partial charge in [0, 0.05) is 13.5 Å². The fourth-order valence-electron chi connectivity index (χ4n) is 1.61. The van der Waals surface area contributed by atoms with E-state index in [-0.39, 0.29) is 0 Å². The van der Waals surface area contributed by atoms with Gasteiger partial charge in [0.1, 0.15) is 12.6 Å². The second kappa shape index (κ2) is 5.70. The Balaban J connectivity index is 0.000000336. The Morgan fingerprint density at radius 1 is 1.33 bits per heavy atom. The number of nitrogens with zero attached hydrogens (tertiary/aromatic N) is 1. The van der Waals surface area contributed by atoms with Gasteiger partial charge in [0.25, 0.3) is 0 Å². The maximum absolute atomic E-state index is 9.75. The number of methoxy groups -OCH3 is 1. The fraction of sp³-hybridized carbons (Fsp3) is 1.00. The highest BCUT2D eigenvalue weighted by molar-refractivity contribution is 6.50. The molecule has 0 radical (unpaired) electrons. The molecule has 1 heterocycles. The molecule has 92 valence electrons. The predicted molar refractivity (Wildman–Crippen MR) is 52.1 cm³/mol. The Morgan fingerprint density at radius 2 is 1.80 bits per heavy atom. The van der Waals surface area contributed by atoms with E-state index in [0.29, 0.717) is 6.10 Å². The molecule has 2 nitrogen and oxygen atoms in total. The highest BCUT2D eigenvalue weighted by Gasteiger charge is 2.32. The first kappa shape index (κ1) is 14.7. The lowest BCUT2D eigenvalue weighted by molar-refractivity contribution is -0.897. The molecule has 0 amide bonds. The molecule has 2 unspecified atom stereocenters. The van der Waals surface area contributed by atoms with Gasteiger partial charge in [-0.05, 0) is 6.92 Å². The van der Waals surface area contributed by atoms with Gasteiger partial charge in [-0.2, -0.15) is 0 Å². The minimum atomic E-state index is -6.00. The summed E-state index contributed by atoms with van der Waals surface area (Å²) in [4.78, 5) is 0.